The molecule has 0 aliphatic carbocycles. The zero-order valence-electron chi connectivity index (χ0n) is 13.9. The van der Waals surface area contributed by atoms with Gasteiger partial charge in [-0.25, -0.2) is 0 Å². The third-order valence-corrected chi connectivity index (χ3v) is 5.55. The molecule has 1 atom stereocenters. The van der Waals surface area contributed by atoms with E-state index in [1.165, 1.54) is 0 Å². The SMILES string of the molecule is O=C(O)CCC1(C(=O)O)CCCN2CCC3=Nc4ccccc4C3=C21. The van der Waals surface area contributed by atoms with E-state index >= 15 is 0 Å². The number of carboxylic acids is 2. The molecule has 2 N–H and O–H groups in total. The smallest absolute Gasteiger partial charge is 0.315 e. The van der Waals surface area contributed by atoms with Crippen LogP contribution < -0.4 is 0 Å². The minimum absolute atomic E-state index is 0.114. The minimum atomic E-state index is -1.15. The highest BCUT2D eigenvalue weighted by Crippen LogP contribution is 2.51. The lowest BCUT2D eigenvalue weighted by molar-refractivity contribution is -0.150. The molecule has 1 fully saturated rings. The molecule has 0 spiro atoms. The number of allylic oxidation sites excluding steroid dienone is 1. The van der Waals surface area contributed by atoms with Gasteiger partial charge < -0.3 is 15.1 Å². The van der Waals surface area contributed by atoms with E-state index in [1.54, 1.807) is 0 Å². The number of fused-ring (bicyclic) bond motifs is 4. The number of aliphatic imine (C=N–C) groups is 1. The quantitative estimate of drug-likeness (QED) is 0.879. The predicted octanol–water partition coefficient (Wildman–Crippen LogP) is 2.92. The summed E-state index contributed by atoms with van der Waals surface area (Å²) in [4.78, 5) is 30.4. The van der Waals surface area contributed by atoms with Crippen molar-refractivity contribution in [2.24, 2.45) is 10.4 Å². The van der Waals surface area contributed by atoms with Crippen LogP contribution in [-0.4, -0.2) is 45.9 Å². The number of piperidine rings is 1. The van der Waals surface area contributed by atoms with Crippen LogP contribution in [0.15, 0.2) is 35.0 Å². The first-order chi connectivity index (χ1) is 12.0. The second kappa shape index (κ2) is 5.72. The maximum Gasteiger partial charge on any atom is 0.315 e. The number of para-hydroxylation sites is 1. The zero-order chi connectivity index (χ0) is 17.6. The van der Waals surface area contributed by atoms with Gasteiger partial charge >= 0.3 is 11.9 Å². The van der Waals surface area contributed by atoms with Crippen molar-refractivity contribution in [3.63, 3.8) is 0 Å². The fraction of sp³-hybridized carbons (Fsp3) is 0.421. The molecule has 0 aromatic heterocycles. The van der Waals surface area contributed by atoms with Gasteiger partial charge in [-0.2, -0.15) is 0 Å². The third kappa shape index (κ3) is 2.35. The van der Waals surface area contributed by atoms with Crippen molar-refractivity contribution in [1.29, 1.82) is 0 Å². The number of benzene rings is 1. The second-order valence-corrected chi connectivity index (χ2v) is 6.92. The van der Waals surface area contributed by atoms with Crippen molar-refractivity contribution in [2.75, 3.05) is 13.1 Å². The average Bonchev–Trinajstić information content (AvgIpc) is 2.98. The van der Waals surface area contributed by atoms with Gasteiger partial charge in [0.05, 0.1) is 11.4 Å². The number of nitrogens with zero attached hydrogens (tertiary/aromatic N) is 2. The Balaban J connectivity index is 1.93. The van der Waals surface area contributed by atoms with E-state index in [-0.39, 0.29) is 12.8 Å². The molecule has 0 bridgehead atoms. The molecule has 1 aromatic rings. The lowest BCUT2D eigenvalue weighted by atomic mass is 9.69. The minimum Gasteiger partial charge on any atom is -0.481 e. The van der Waals surface area contributed by atoms with Crippen LogP contribution in [0.25, 0.3) is 5.57 Å². The monoisotopic (exact) mass is 340 g/mol. The van der Waals surface area contributed by atoms with Crippen molar-refractivity contribution < 1.29 is 19.8 Å². The molecular weight excluding hydrogens is 320 g/mol. The van der Waals surface area contributed by atoms with Gasteiger partial charge in [0.2, 0.25) is 0 Å². The predicted molar refractivity (Wildman–Crippen MR) is 92.8 cm³/mol. The molecule has 3 aliphatic rings. The third-order valence-electron chi connectivity index (χ3n) is 5.55. The lowest BCUT2D eigenvalue weighted by Crippen LogP contribution is -2.49. The van der Waals surface area contributed by atoms with Crippen molar-refractivity contribution in [2.45, 2.75) is 32.1 Å². The van der Waals surface area contributed by atoms with Gasteiger partial charge in [0.25, 0.3) is 0 Å². The van der Waals surface area contributed by atoms with Crippen LogP contribution in [-0.2, 0) is 9.59 Å². The summed E-state index contributed by atoms with van der Waals surface area (Å²) >= 11 is 0. The van der Waals surface area contributed by atoms with Crippen LogP contribution in [0.5, 0.6) is 0 Å². The molecule has 130 valence electrons. The van der Waals surface area contributed by atoms with E-state index < -0.39 is 17.4 Å². The van der Waals surface area contributed by atoms with Crippen LogP contribution in [0, 0.1) is 5.41 Å². The average molecular weight is 340 g/mol. The van der Waals surface area contributed by atoms with Crippen molar-refractivity contribution in [1.82, 2.24) is 4.90 Å². The Bertz CT molecular complexity index is 826. The first kappa shape index (κ1) is 15.9. The highest BCUT2D eigenvalue weighted by Gasteiger charge is 2.50. The van der Waals surface area contributed by atoms with E-state index in [4.69, 9.17) is 10.1 Å². The summed E-state index contributed by atoms with van der Waals surface area (Å²) in [6.07, 6.45) is 1.99. The molecule has 1 aromatic carbocycles. The number of carbonyl (C=O) groups is 2. The highest BCUT2D eigenvalue weighted by atomic mass is 16.4. The zero-order valence-corrected chi connectivity index (χ0v) is 13.9. The summed E-state index contributed by atoms with van der Waals surface area (Å²) in [6.45, 7) is 1.56. The van der Waals surface area contributed by atoms with Crippen LogP contribution in [0.2, 0.25) is 0 Å². The van der Waals surface area contributed by atoms with Gasteiger partial charge in [-0.15, -0.1) is 0 Å². The molecule has 6 nitrogen and oxygen atoms in total. The summed E-state index contributed by atoms with van der Waals surface area (Å²) in [5.74, 6) is -1.88. The number of rotatable bonds is 4. The maximum atomic E-state index is 12.4. The Kier molecular flexibility index (Phi) is 3.63. The first-order valence-electron chi connectivity index (χ1n) is 8.65. The fourth-order valence-corrected chi connectivity index (χ4v) is 4.43. The largest absolute Gasteiger partial charge is 0.481 e. The number of aliphatic carboxylic acids is 2. The maximum absolute atomic E-state index is 12.4. The van der Waals surface area contributed by atoms with Gasteiger partial charge in [0, 0.05) is 42.8 Å². The van der Waals surface area contributed by atoms with Crippen LogP contribution in [0.1, 0.15) is 37.7 Å². The summed E-state index contributed by atoms with van der Waals surface area (Å²) in [5, 5.41) is 19.3. The number of hydrogen-bond acceptors (Lipinski definition) is 4. The first-order valence-corrected chi connectivity index (χ1v) is 8.65. The van der Waals surface area contributed by atoms with Gasteiger partial charge in [-0.3, -0.25) is 14.6 Å². The van der Waals surface area contributed by atoms with Crippen LogP contribution >= 0.6 is 0 Å². The van der Waals surface area contributed by atoms with Crippen LogP contribution in [0.4, 0.5) is 5.69 Å². The fourth-order valence-electron chi connectivity index (χ4n) is 4.43. The second-order valence-electron chi connectivity index (χ2n) is 6.92. The van der Waals surface area contributed by atoms with Gasteiger partial charge in [-0.05, 0) is 25.3 Å². The standard InChI is InChI=1S/C19H20N2O4/c22-15(23)6-9-19(18(24)25)8-3-10-21-11-7-14-16(17(19)21)12-4-1-2-5-13(12)20-14/h1-2,4-5H,3,6-11H2,(H,22,23)(H,24,25). The molecular formula is C19H20N2O4. The highest BCUT2D eigenvalue weighted by molar-refractivity contribution is 6.30. The Labute approximate surface area is 145 Å². The molecule has 6 heteroatoms. The van der Waals surface area contributed by atoms with Crippen molar-refractivity contribution in [3.05, 3.63) is 35.5 Å². The molecule has 25 heavy (non-hydrogen) atoms. The molecule has 1 saturated heterocycles. The Morgan fingerprint density at radius 2 is 2.00 bits per heavy atom. The van der Waals surface area contributed by atoms with Gasteiger partial charge in [-0.1, -0.05) is 18.2 Å². The molecule has 3 aliphatic heterocycles. The molecule has 3 heterocycles. The summed E-state index contributed by atoms with van der Waals surface area (Å²) < 4.78 is 0. The van der Waals surface area contributed by atoms with Crippen LogP contribution in [0.3, 0.4) is 0 Å². The van der Waals surface area contributed by atoms with E-state index in [0.717, 1.165) is 54.2 Å². The Morgan fingerprint density at radius 1 is 1.20 bits per heavy atom. The van der Waals surface area contributed by atoms with Gasteiger partial charge in [0.1, 0.15) is 5.41 Å². The molecule has 0 radical (unpaired) electrons. The summed E-state index contributed by atoms with van der Waals surface area (Å²) in [5.41, 5.74) is 3.35. The van der Waals surface area contributed by atoms with E-state index in [9.17, 15) is 14.7 Å². The Hall–Kier alpha value is -2.63. The molecule has 0 amide bonds. The number of carboxylic acid groups (broad SMARTS) is 2. The lowest BCUT2D eigenvalue weighted by Gasteiger charge is -2.47. The van der Waals surface area contributed by atoms with E-state index in [2.05, 4.69) is 4.90 Å². The van der Waals surface area contributed by atoms with Crippen molar-refractivity contribution >= 4 is 28.9 Å². The van der Waals surface area contributed by atoms with Crippen molar-refractivity contribution in [3.8, 4) is 0 Å². The summed E-state index contributed by atoms with van der Waals surface area (Å²) in [7, 11) is 0. The molecule has 1 unspecified atom stereocenters. The van der Waals surface area contributed by atoms with E-state index in [0.29, 0.717) is 6.42 Å². The normalized spacial score (nSPS) is 24.3. The summed E-state index contributed by atoms with van der Waals surface area (Å²) in [6, 6.07) is 7.79. The topological polar surface area (TPSA) is 90.2 Å². The molecule has 4 rings (SSSR count). The number of hydrogen-bond donors (Lipinski definition) is 2. The molecule has 0 saturated carbocycles. The van der Waals surface area contributed by atoms with Gasteiger partial charge in [0.15, 0.2) is 0 Å². The van der Waals surface area contributed by atoms with E-state index in [1.807, 2.05) is 24.3 Å². The Morgan fingerprint density at radius 3 is 2.76 bits per heavy atom.